The minimum atomic E-state index is -0.618. The fourth-order valence-electron chi connectivity index (χ4n) is 1.51. The maximum Gasteiger partial charge on any atom is 0.326 e. The molecule has 0 spiro atoms. The molecule has 2 rings (SSSR count). The lowest BCUT2D eigenvalue weighted by Crippen LogP contribution is -2.34. The van der Waals surface area contributed by atoms with E-state index in [2.05, 4.69) is 15.6 Å². The Hall–Kier alpha value is -2.73. The van der Waals surface area contributed by atoms with Crippen molar-refractivity contribution in [2.24, 2.45) is 0 Å². The van der Waals surface area contributed by atoms with Gasteiger partial charge < -0.3 is 10.4 Å². The van der Waals surface area contributed by atoms with E-state index in [0.29, 0.717) is 11.4 Å². The molecule has 6 nitrogen and oxygen atoms in total. The van der Waals surface area contributed by atoms with Crippen molar-refractivity contribution in [3.05, 3.63) is 59.9 Å². The van der Waals surface area contributed by atoms with Crippen molar-refractivity contribution >= 4 is 17.6 Å². The van der Waals surface area contributed by atoms with E-state index in [1.165, 1.54) is 18.3 Å². The summed E-state index contributed by atoms with van der Waals surface area (Å²) in [5.74, 6) is -0.560. The smallest absolute Gasteiger partial charge is 0.326 e. The van der Waals surface area contributed by atoms with Gasteiger partial charge >= 0.3 is 6.03 Å². The number of para-hydroxylation sites is 1. The fraction of sp³-hybridized carbons (Fsp3) is 0.0714. The van der Waals surface area contributed by atoms with Crippen LogP contribution in [0.3, 0.4) is 0 Å². The molecule has 6 heteroatoms. The maximum atomic E-state index is 11.8. The van der Waals surface area contributed by atoms with E-state index >= 15 is 0 Å². The average molecular weight is 271 g/mol. The summed E-state index contributed by atoms with van der Waals surface area (Å²) < 4.78 is 0. The van der Waals surface area contributed by atoms with Gasteiger partial charge in [-0.05, 0) is 24.3 Å². The van der Waals surface area contributed by atoms with Gasteiger partial charge in [-0.1, -0.05) is 18.2 Å². The number of nitrogens with zero attached hydrogens (tertiary/aromatic N) is 1. The van der Waals surface area contributed by atoms with Gasteiger partial charge in [0.2, 0.25) is 0 Å². The number of rotatable bonds is 3. The number of nitrogens with one attached hydrogen (secondary N) is 2. The van der Waals surface area contributed by atoms with Crippen LogP contribution in [0.15, 0.2) is 48.7 Å². The van der Waals surface area contributed by atoms with Crippen LogP contribution in [0, 0.1) is 0 Å². The summed E-state index contributed by atoms with van der Waals surface area (Å²) in [5.41, 5.74) is 1.28. The lowest BCUT2D eigenvalue weighted by Gasteiger charge is -2.06. The molecule has 0 unspecified atom stereocenters. The summed E-state index contributed by atoms with van der Waals surface area (Å²) in [5, 5.41) is 13.6. The van der Waals surface area contributed by atoms with Crippen molar-refractivity contribution in [2.45, 2.75) is 6.61 Å². The Labute approximate surface area is 115 Å². The zero-order valence-corrected chi connectivity index (χ0v) is 10.5. The van der Waals surface area contributed by atoms with Crippen molar-refractivity contribution in [2.75, 3.05) is 5.32 Å². The Morgan fingerprint density at radius 3 is 2.45 bits per heavy atom. The van der Waals surface area contributed by atoms with Crippen LogP contribution in [0.4, 0.5) is 10.5 Å². The first-order valence-corrected chi connectivity index (χ1v) is 5.92. The van der Waals surface area contributed by atoms with Crippen LogP contribution in [0.25, 0.3) is 0 Å². The van der Waals surface area contributed by atoms with Crippen molar-refractivity contribution in [3.63, 3.8) is 0 Å². The lowest BCUT2D eigenvalue weighted by atomic mass is 10.2. The van der Waals surface area contributed by atoms with Crippen LogP contribution in [0.1, 0.15) is 16.1 Å². The van der Waals surface area contributed by atoms with E-state index in [9.17, 15) is 9.59 Å². The van der Waals surface area contributed by atoms with E-state index in [1.807, 2.05) is 6.07 Å². The van der Waals surface area contributed by atoms with E-state index in [1.54, 1.807) is 24.3 Å². The molecule has 0 aliphatic heterocycles. The Kier molecular flexibility index (Phi) is 4.41. The van der Waals surface area contributed by atoms with Gasteiger partial charge in [-0.25, -0.2) is 4.79 Å². The monoisotopic (exact) mass is 271 g/mol. The van der Waals surface area contributed by atoms with Gasteiger partial charge in [0.1, 0.15) is 0 Å². The number of benzene rings is 1. The predicted molar refractivity (Wildman–Crippen MR) is 73.1 cm³/mol. The van der Waals surface area contributed by atoms with E-state index in [4.69, 9.17) is 5.11 Å². The first-order valence-electron chi connectivity index (χ1n) is 5.92. The van der Waals surface area contributed by atoms with E-state index in [0.717, 1.165) is 0 Å². The number of hydrogen-bond donors (Lipinski definition) is 3. The van der Waals surface area contributed by atoms with Gasteiger partial charge in [0.25, 0.3) is 5.91 Å². The number of carbonyl (C=O) groups is 2. The molecule has 3 amide bonds. The quantitative estimate of drug-likeness (QED) is 0.789. The molecular formula is C14H13N3O3. The topological polar surface area (TPSA) is 91.3 Å². The van der Waals surface area contributed by atoms with Gasteiger partial charge in [-0.3, -0.25) is 15.1 Å². The summed E-state index contributed by atoms with van der Waals surface area (Å²) in [6, 6.07) is 11.2. The second kappa shape index (κ2) is 6.44. The second-order valence-electron chi connectivity index (χ2n) is 3.97. The van der Waals surface area contributed by atoms with Crippen LogP contribution in [-0.2, 0) is 6.61 Å². The molecule has 0 radical (unpaired) electrons. The minimum absolute atomic E-state index is 0.198. The highest BCUT2D eigenvalue weighted by Crippen LogP contribution is 2.05. The molecule has 3 N–H and O–H groups in total. The molecule has 0 aliphatic rings. The molecule has 0 atom stereocenters. The Morgan fingerprint density at radius 2 is 1.85 bits per heavy atom. The highest BCUT2D eigenvalue weighted by atomic mass is 16.3. The van der Waals surface area contributed by atoms with Crippen molar-refractivity contribution < 1.29 is 14.7 Å². The molecule has 0 saturated heterocycles. The number of hydrogen-bond acceptors (Lipinski definition) is 4. The largest absolute Gasteiger partial charge is 0.390 e. The van der Waals surface area contributed by atoms with Crippen LogP contribution in [0.5, 0.6) is 0 Å². The number of aliphatic hydroxyl groups excluding tert-OH is 1. The van der Waals surface area contributed by atoms with Crippen molar-refractivity contribution in [1.29, 1.82) is 0 Å². The van der Waals surface area contributed by atoms with Crippen molar-refractivity contribution in [1.82, 2.24) is 10.3 Å². The molecule has 0 aliphatic carbocycles. The summed E-state index contributed by atoms with van der Waals surface area (Å²) in [6.07, 6.45) is 1.30. The Morgan fingerprint density at radius 1 is 1.10 bits per heavy atom. The standard InChI is InChI=1S/C14H13N3O3/c18-9-12-7-6-10(8-15-12)13(19)17-14(20)16-11-4-2-1-3-5-11/h1-8,18H,9H2,(H2,16,17,19,20). The van der Waals surface area contributed by atoms with Gasteiger partial charge in [0, 0.05) is 11.9 Å². The van der Waals surface area contributed by atoms with E-state index in [-0.39, 0.29) is 12.2 Å². The number of anilines is 1. The average Bonchev–Trinajstić information content (AvgIpc) is 2.48. The number of pyridine rings is 1. The third kappa shape index (κ3) is 3.63. The predicted octanol–water partition coefficient (Wildman–Crippen LogP) is 1.54. The number of aliphatic hydroxyl groups is 1. The van der Waals surface area contributed by atoms with E-state index < -0.39 is 11.9 Å². The number of imide groups is 1. The normalized spacial score (nSPS) is 9.85. The minimum Gasteiger partial charge on any atom is -0.390 e. The zero-order valence-electron chi connectivity index (χ0n) is 10.5. The Balaban J connectivity index is 1.95. The lowest BCUT2D eigenvalue weighted by molar-refractivity contribution is 0.0966. The molecule has 20 heavy (non-hydrogen) atoms. The second-order valence-corrected chi connectivity index (χ2v) is 3.97. The van der Waals surface area contributed by atoms with Gasteiger partial charge in [0.05, 0.1) is 17.9 Å². The van der Waals surface area contributed by atoms with Gasteiger partial charge in [-0.15, -0.1) is 0 Å². The fourth-order valence-corrected chi connectivity index (χ4v) is 1.51. The number of aromatic nitrogens is 1. The molecule has 1 aromatic carbocycles. The summed E-state index contributed by atoms with van der Waals surface area (Å²) >= 11 is 0. The first kappa shape index (κ1) is 13.7. The molecule has 0 bridgehead atoms. The molecule has 1 heterocycles. The summed E-state index contributed by atoms with van der Waals surface area (Å²) in [4.78, 5) is 27.3. The third-order valence-electron chi connectivity index (χ3n) is 2.51. The summed E-state index contributed by atoms with van der Waals surface area (Å²) in [7, 11) is 0. The number of amides is 3. The highest BCUT2D eigenvalue weighted by molar-refractivity contribution is 6.07. The van der Waals surface area contributed by atoms with Crippen LogP contribution < -0.4 is 10.6 Å². The SMILES string of the molecule is O=C(NC(=O)c1ccc(CO)nc1)Nc1ccccc1. The molecular weight excluding hydrogens is 258 g/mol. The zero-order chi connectivity index (χ0) is 14.4. The third-order valence-corrected chi connectivity index (χ3v) is 2.51. The van der Waals surface area contributed by atoms with Gasteiger partial charge in [0.15, 0.2) is 0 Å². The molecule has 0 saturated carbocycles. The van der Waals surface area contributed by atoms with Crippen LogP contribution >= 0.6 is 0 Å². The Bertz CT molecular complexity index is 597. The highest BCUT2D eigenvalue weighted by Gasteiger charge is 2.10. The molecule has 2 aromatic rings. The first-order chi connectivity index (χ1) is 9.69. The van der Waals surface area contributed by atoms with Crippen molar-refractivity contribution in [3.8, 4) is 0 Å². The molecule has 0 fully saturated rings. The van der Waals surface area contributed by atoms with Gasteiger partial charge in [-0.2, -0.15) is 0 Å². The molecule has 1 aromatic heterocycles. The molecule has 102 valence electrons. The summed E-state index contributed by atoms with van der Waals surface area (Å²) in [6.45, 7) is -0.198. The number of carbonyl (C=O) groups excluding carboxylic acids is 2. The number of urea groups is 1. The van der Waals surface area contributed by atoms with Crippen LogP contribution in [-0.4, -0.2) is 22.0 Å². The van der Waals surface area contributed by atoms with Crippen LogP contribution in [0.2, 0.25) is 0 Å². The maximum absolute atomic E-state index is 11.8.